The summed E-state index contributed by atoms with van der Waals surface area (Å²) in [5, 5.41) is 5.22. The largest absolute Gasteiger partial charge is 0.336 e. The quantitative estimate of drug-likeness (QED) is 0.668. The summed E-state index contributed by atoms with van der Waals surface area (Å²) in [5.74, 6) is -0.424. The van der Waals surface area contributed by atoms with E-state index in [1.54, 1.807) is 28.8 Å². The molecule has 138 valence electrons. The third kappa shape index (κ3) is 3.35. The van der Waals surface area contributed by atoms with Crippen LogP contribution in [0.15, 0.2) is 48.5 Å². The predicted molar refractivity (Wildman–Crippen MR) is 103 cm³/mol. The molecule has 1 aliphatic rings. The van der Waals surface area contributed by atoms with Crippen molar-refractivity contribution in [1.29, 1.82) is 0 Å². The minimum absolute atomic E-state index is 0.131. The molecule has 0 spiro atoms. The van der Waals surface area contributed by atoms with Gasteiger partial charge in [-0.2, -0.15) is 5.10 Å². The van der Waals surface area contributed by atoms with Gasteiger partial charge in [0.05, 0.1) is 5.69 Å². The standard InChI is InChI=1S/C21H19ClFN3O/c1-25(13-14-5-2-3-7-18(14)22)21(27)20-17-6-4-8-19(17)26(24-20)16-11-9-15(23)10-12-16/h2-3,5,7,9-12H,4,6,8,13H2,1H3. The summed E-state index contributed by atoms with van der Waals surface area (Å²) >= 11 is 6.22. The lowest BCUT2D eigenvalue weighted by atomic mass is 10.1. The fourth-order valence-electron chi connectivity index (χ4n) is 3.54. The molecule has 0 N–H and O–H groups in total. The fraction of sp³-hybridized carbons (Fsp3) is 0.238. The molecule has 3 aromatic rings. The number of carbonyl (C=O) groups excluding carboxylic acids is 1. The molecule has 1 aromatic heterocycles. The second-order valence-electron chi connectivity index (χ2n) is 6.77. The molecular weight excluding hydrogens is 365 g/mol. The van der Waals surface area contributed by atoms with Gasteiger partial charge in [0.1, 0.15) is 5.82 Å². The molecule has 0 aliphatic heterocycles. The van der Waals surface area contributed by atoms with E-state index in [2.05, 4.69) is 5.10 Å². The summed E-state index contributed by atoms with van der Waals surface area (Å²) in [6, 6.07) is 13.7. The minimum Gasteiger partial charge on any atom is -0.336 e. The van der Waals surface area contributed by atoms with E-state index in [1.165, 1.54) is 12.1 Å². The van der Waals surface area contributed by atoms with E-state index in [4.69, 9.17) is 11.6 Å². The van der Waals surface area contributed by atoms with Crippen LogP contribution < -0.4 is 0 Å². The van der Waals surface area contributed by atoms with Gasteiger partial charge in [0.2, 0.25) is 0 Å². The number of carbonyl (C=O) groups is 1. The molecule has 1 heterocycles. The maximum atomic E-state index is 13.3. The van der Waals surface area contributed by atoms with Crippen molar-refractivity contribution < 1.29 is 9.18 Å². The summed E-state index contributed by atoms with van der Waals surface area (Å²) in [6.07, 6.45) is 2.68. The van der Waals surface area contributed by atoms with Gasteiger partial charge in [0.15, 0.2) is 5.69 Å². The van der Waals surface area contributed by atoms with Gasteiger partial charge in [0.25, 0.3) is 5.91 Å². The molecule has 0 bridgehead atoms. The number of aromatic nitrogens is 2. The van der Waals surface area contributed by atoms with E-state index in [0.717, 1.165) is 41.8 Å². The number of fused-ring (bicyclic) bond motifs is 1. The van der Waals surface area contributed by atoms with Crippen LogP contribution in [0.1, 0.15) is 33.7 Å². The lowest BCUT2D eigenvalue weighted by Gasteiger charge is -2.17. The Morgan fingerprint density at radius 3 is 2.67 bits per heavy atom. The van der Waals surface area contributed by atoms with Crippen molar-refractivity contribution in [3.8, 4) is 5.69 Å². The lowest BCUT2D eigenvalue weighted by molar-refractivity contribution is 0.0778. The molecule has 0 atom stereocenters. The first-order valence-electron chi connectivity index (χ1n) is 8.90. The molecule has 0 saturated heterocycles. The normalized spacial score (nSPS) is 12.9. The van der Waals surface area contributed by atoms with Crippen LogP contribution in [0.25, 0.3) is 5.69 Å². The molecule has 4 nitrogen and oxygen atoms in total. The number of hydrogen-bond donors (Lipinski definition) is 0. The van der Waals surface area contributed by atoms with Gasteiger partial charge in [-0.15, -0.1) is 0 Å². The first-order valence-corrected chi connectivity index (χ1v) is 9.28. The van der Waals surface area contributed by atoms with Gasteiger partial charge in [-0.3, -0.25) is 4.79 Å². The Balaban J connectivity index is 1.65. The van der Waals surface area contributed by atoms with Crippen LogP contribution in [0.3, 0.4) is 0 Å². The fourth-order valence-corrected chi connectivity index (χ4v) is 3.74. The number of benzene rings is 2. The van der Waals surface area contributed by atoms with Crippen LogP contribution in [0.4, 0.5) is 4.39 Å². The molecule has 27 heavy (non-hydrogen) atoms. The summed E-state index contributed by atoms with van der Waals surface area (Å²) in [7, 11) is 1.75. The average Bonchev–Trinajstić information content (AvgIpc) is 3.26. The van der Waals surface area contributed by atoms with Crippen molar-refractivity contribution in [1.82, 2.24) is 14.7 Å². The zero-order valence-corrected chi connectivity index (χ0v) is 15.7. The summed E-state index contributed by atoms with van der Waals surface area (Å²) in [5.41, 5.74) is 4.17. The van der Waals surface area contributed by atoms with Crippen LogP contribution >= 0.6 is 11.6 Å². The number of rotatable bonds is 4. The highest BCUT2D eigenvalue weighted by Crippen LogP contribution is 2.29. The Morgan fingerprint density at radius 2 is 1.93 bits per heavy atom. The Bertz CT molecular complexity index is 997. The summed E-state index contributed by atoms with van der Waals surface area (Å²) in [4.78, 5) is 14.7. The number of hydrogen-bond acceptors (Lipinski definition) is 2. The molecular formula is C21H19ClFN3O. The lowest BCUT2D eigenvalue weighted by Crippen LogP contribution is -2.27. The second kappa shape index (κ2) is 7.16. The van der Waals surface area contributed by atoms with Crippen LogP contribution in [-0.4, -0.2) is 27.6 Å². The van der Waals surface area contributed by atoms with Crippen LogP contribution in [0, 0.1) is 5.82 Å². The van der Waals surface area contributed by atoms with Gasteiger partial charge >= 0.3 is 0 Å². The topological polar surface area (TPSA) is 38.1 Å². The number of nitrogens with zero attached hydrogens (tertiary/aromatic N) is 3. The number of amides is 1. The highest BCUT2D eigenvalue weighted by molar-refractivity contribution is 6.31. The van der Waals surface area contributed by atoms with Crippen molar-refractivity contribution in [2.75, 3.05) is 7.05 Å². The Kier molecular flexibility index (Phi) is 4.70. The van der Waals surface area contributed by atoms with Crippen molar-refractivity contribution >= 4 is 17.5 Å². The number of halogens is 2. The first-order chi connectivity index (χ1) is 13.0. The Labute approximate surface area is 162 Å². The van der Waals surface area contributed by atoms with E-state index < -0.39 is 0 Å². The highest BCUT2D eigenvalue weighted by atomic mass is 35.5. The molecule has 0 fully saturated rings. The molecule has 0 radical (unpaired) electrons. The SMILES string of the molecule is CN(Cc1ccccc1Cl)C(=O)c1nn(-c2ccc(F)cc2)c2c1CCC2. The zero-order valence-electron chi connectivity index (χ0n) is 15.0. The van der Waals surface area contributed by atoms with Gasteiger partial charge in [0, 0.05) is 29.9 Å². The van der Waals surface area contributed by atoms with E-state index in [-0.39, 0.29) is 11.7 Å². The third-order valence-electron chi connectivity index (χ3n) is 4.92. The molecule has 1 amide bonds. The van der Waals surface area contributed by atoms with E-state index >= 15 is 0 Å². The van der Waals surface area contributed by atoms with E-state index in [1.807, 2.05) is 24.3 Å². The van der Waals surface area contributed by atoms with Crippen LogP contribution in [-0.2, 0) is 19.4 Å². The maximum Gasteiger partial charge on any atom is 0.274 e. The molecule has 0 unspecified atom stereocenters. The monoisotopic (exact) mass is 383 g/mol. The maximum absolute atomic E-state index is 13.3. The van der Waals surface area contributed by atoms with E-state index in [0.29, 0.717) is 17.3 Å². The average molecular weight is 384 g/mol. The predicted octanol–water partition coefficient (Wildman–Crippen LogP) is 4.43. The van der Waals surface area contributed by atoms with Gasteiger partial charge in [-0.05, 0) is 55.2 Å². The second-order valence-corrected chi connectivity index (χ2v) is 7.18. The smallest absolute Gasteiger partial charge is 0.274 e. The van der Waals surface area contributed by atoms with E-state index in [9.17, 15) is 9.18 Å². The summed E-state index contributed by atoms with van der Waals surface area (Å²) in [6.45, 7) is 0.413. The summed E-state index contributed by atoms with van der Waals surface area (Å²) < 4.78 is 15.0. The molecule has 1 aliphatic carbocycles. The third-order valence-corrected chi connectivity index (χ3v) is 5.28. The van der Waals surface area contributed by atoms with Crippen molar-refractivity contribution in [2.24, 2.45) is 0 Å². The van der Waals surface area contributed by atoms with Crippen molar-refractivity contribution in [3.63, 3.8) is 0 Å². The van der Waals surface area contributed by atoms with Crippen molar-refractivity contribution in [2.45, 2.75) is 25.8 Å². The van der Waals surface area contributed by atoms with Gasteiger partial charge in [-0.1, -0.05) is 29.8 Å². The highest BCUT2D eigenvalue weighted by Gasteiger charge is 2.28. The Morgan fingerprint density at radius 1 is 1.19 bits per heavy atom. The zero-order chi connectivity index (χ0) is 19.0. The molecule has 6 heteroatoms. The molecule has 2 aromatic carbocycles. The van der Waals surface area contributed by atoms with Gasteiger partial charge in [-0.25, -0.2) is 9.07 Å². The van der Waals surface area contributed by atoms with Gasteiger partial charge < -0.3 is 4.90 Å². The Hall–Kier alpha value is -2.66. The van der Waals surface area contributed by atoms with Crippen LogP contribution in [0.5, 0.6) is 0 Å². The first kappa shape index (κ1) is 17.7. The molecule has 4 rings (SSSR count). The van der Waals surface area contributed by atoms with Crippen molar-refractivity contribution in [3.05, 3.63) is 81.9 Å². The molecule has 0 saturated carbocycles. The van der Waals surface area contributed by atoms with Crippen LogP contribution in [0.2, 0.25) is 5.02 Å². The minimum atomic E-state index is -0.293.